The van der Waals surface area contributed by atoms with Crippen LogP contribution in [0.2, 0.25) is 5.02 Å². The average Bonchev–Trinajstić information content (AvgIpc) is 2.53. The van der Waals surface area contributed by atoms with Crippen molar-refractivity contribution in [2.75, 3.05) is 0 Å². The largest absolute Gasteiger partial charge is 0.352 e. The van der Waals surface area contributed by atoms with Gasteiger partial charge in [0.2, 0.25) is 5.91 Å². The molecular weight excluding hydrogens is 302 g/mol. The van der Waals surface area contributed by atoms with Gasteiger partial charge in [-0.2, -0.15) is 0 Å². The van der Waals surface area contributed by atoms with E-state index >= 15 is 0 Å². The lowest BCUT2D eigenvalue weighted by molar-refractivity contribution is -0.119. The molecule has 0 spiro atoms. The second kappa shape index (κ2) is 4.62. The molecule has 1 fully saturated rings. The van der Waals surface area contributed by atoms with Crippen LogP contribution in [0.1, 0.15) is 32.3 Å². The molecule has 2 rings (SSSR count). The molecule has 2 nitrogen and oxygen atoms in total. The Kier molecular flexibility index (Phi) is 3.50. The Hall–Kier alpha value is -0.540. The summed E-state index contributed by atoms with van der Waals surface area (Å²) in [4.78, 5) is 11.6. The van der Waals surface area contributed by atoms with Crippen LogP contribution in [-0.2, 0) is 10.2 Å². The van der Waals surface area contributed by atoms with Crippen molar-refractivity contribution >= 4 is 33.4 Å². The molecule has 1 aromatic rings. The third-order valence-corrected chi connectivity index (χ3v) is 4.39. The van der Waals surface area contributed by atoms with E-state index in [-0.39, 0.29) is 17.4 Å². The van der Waals surface area contributed by atoms with E-state index in [0.717, 1.165) is 21.5 Å². The van der Waals surface area contributed by atoms with Gasteiger partial charge in [-0.3, -0.25) is 4.79 Å². The van der Waals surface area contributed by atoms with Crippen LogP contribution >= 0.6 is 27.5 Å². The number of carbonyl (C=O) groups excluding carboxylic acids is 1. The second-order valence-corrected chi connectivity index (χ2v) is 6.07. The van der Waals surface area contributed by atoms with Gasteiger partial charge >= 0.3 is 0 Å². The van der Waals surface area contributed by atoms with E-state index in [0.29, 0.717) is 6.42 Å². The highest BCUT2D eigenvalue weighted by atomic mass is 79.9. The molecule has 0 aliphatic carbocycles. The standard InChI is InChI=1S/C13H15BrClNO/c1-3-11-13(2,7-12(17)16-11)9-5-4-8(14)6-10(9)15/h4-6,11H,3,7H2,1-2H3,(H,16,17). The van der Waals surface area contributed by atoms with Gasteiger partial charge in [-0.25, -0.2) is 0 Å². The van der Waals surface area contributed by atoms with E-state index in [9.17, 15) is 4.79 Å². The van der Waals surface area contributed by atoms with E-state index < -0.39 is 0 Å². The molecular formula is C13H15BrClNO. The van der Waals surface area contributed by atoms with E-state index in [4.69, 9.17) is 11.6 Å². The minimum Gasteiger partial charge on any atom is -0.352 e. The molecule has 1 N–H and O–H groups in total. The fourth-order valence-electron chi connectivity index (χ4n) is 2.65. The summed E-state index contributed by atoms with van der Waals surface area (Å²) >= 11 is 9.70. The van der Waals surface area contributed by atoms with E-state index in [1.807, 2.05) is 18.2 Å². The summed E-state index contributed by atoms with van der Waals surface area (Å²) in [7, 11) is 0. The molecule has 92 valence electrons. The molecule has 1 aliphatic rings. The fourth-order valence-corrected chi connectivity index (χ4v) is 3.54. The van der Waals surface area contributed by atoms with E-state index in [2.05, 4.69) is 35.1 Å². The van der Waals surface area contributed by atoms with Crippen molar-refractivity contribution in [1.82, 2.24) is 5.32 Å². The lowest BCUT2D eigenvalue weighted by atomic mass is 9.75. The molecule has 0 saturated carbocycles. The molecule has 2 unspecified atom stereocenters. The van der Waals surface area contributed by atoms with Crippen LogP contribution in [-0.4, -0.2) is 11.9 Å². The molecule has 0 bridgehead atoms. The molecule has 1 aromatic carbocycles. The molecule has 17 heavy (non-hydrogen) atoms. The highest BCUT2D eigenvalue weighted by molar-refractivity contribution is 9.10. The van der Waals surface area contributed by atoms with Crippen LogP contribution in [0, 0.1) is 0 Å². The summed E-state index contributed by atoms with van der Waals surface area (Å²) in [5, 5.41) is 3.74. The van der Waals surface area contributed by atoms with Crippen molar-refractivity contribution < 1.29 is 4.79 Å². The normalized spacial score (nSPS) is 28.2. The summed E-state index contributed by atoms with van der Waals surface area (Å²) < 4.78 is 0.959. The Labute approximate surface area is 115 Å². The number of nitrogens with one attached hydrogen (secondary N) is 1. The molecule has 1 amide bonds. The first-order valence-corrected chi connectivity index (χ1v) is 6.89. The number of benzene rings is 1. The minimum atomic E-state index is -0.205. The predicted octanol–water partition coefficient (Wildman–Crippen LogP) is 3.66. The van der Waals surface area contributed by atoms with Crippen LogP contribution in [0.4, 0.5) is 0 Å². The second-order valence-electron chi connectivity index (χ2n) is 4.75. The molecule has 1 aliphatic heterocycles. The van der Waals surface area contributed by atoms with Gasteiger partial charge in [0.1, 0.15) is 0 Å². The van der Waals surface area contributed by atoms with Crippen molar-refractivity contribution in [3.63, 3.8) is 0 Å². The van der Waals surface area contributed by atoms with Crippen molar-refractivity contribution in [1.29, 1.82) is 0 Å². The minimum absolute atomic E-state index is 0.110. The first-order chi connectivity index (χ1) is 7.97. The fraction of sp³-hybridized carbons (Fsp3) is 0.462. The van der Waals surface area contributed by atoms with Gasteiger partial charge in [0.25, 0.3) is 0 Å². The number of halogens is 2. The summed E-state index contributed by atoms with van der Waals surface area (Å²) in [6.45, 7) is 4.19. The van der Waals surface area contributed by atoms with Crippen LogP contribution < -0.4 is 5.32 Å². The highest BCUT2D eigenvalue weighted by Crippen LogP contribution is 2.41. The van der Waals surface area contributed by atoms with Crippen molar-refractivity contribution in [3.05, 3.63) is 33.3 Å². The Morgan fingerprint density at radius 3 is 2.88 bits per heavy atom. The smallest absolute Gasteiger partial charge is 0.221 e. The van der Waals surface area contributed by atoms with E-state index in [1.54, 1.807) is 0 Å². The quantitative estimate of drug-likeness (QED) is 0.886. The third kappa shape index (κ3) is 2.23. The van der Waals surface area contributed by atoms with Gasteiger partial charge in [0.15, 0.2) is 0 Å². The first kappa shape index (κ1) is 12.9. The maximum Gasteiger partial charge on any atom is 0.221 e. The zero-order chi connectivity index (χ0) is 12.6. The zero-order valence-electron chi connectivity index (χ0n) is 9.89. The number of hydrogen-bond donors (Lipinski definition) is 1. The van der Waals surface area contributed by atoms with Gasteiger partial charge in [-0.15, -0.1) is 0 Å². The number of amides is 1. The topological polar surface area (TPSA) is 29.1 Å². The van der Waals surface area contributed by atoms with Gasteiger partial charge in [-0.05, 0) is 24.1 Å². The lowest BCUT2D eigenvalue weighted by Gasteiger charge is -2.31. The summed E-state index contributed by atoms with van der Waals surface area (Å²) in [6.07, 6.45) is 1.42. The molecule has 1 saturated heterocycles. The van der Waals surface area contributed by atoms with Gasteiger partial charge in [0.05, 0.1) is 0 Å². The average molecular weight is 317 g/mol. The number of rotatable bonds is 2. The monoisotopic (exact) mass is 315 g/mol. The van der Waals surface area contributed by atoms with Gasteiger partial charge in [-0.1, -0.05) is 47.4 Å². The lowest BCUT2D eigenvalue weighted by Crippen LogP contribution is -2.37. The molecule has 0 aromatic heterocycles. The van der Waals surface area contributed by atoms with Crippen LogP contribution in [0.15, 0.2) is 22.7 Å². The van der Waals surface area contributed by atoms with Crippen LogP contribution in [0.3, 0.4) is 0 Å². The van der Waals surface area contributed by atoms with Crippen molar-refractivity contribution in [2.24, 2.45) is 0 Å². The van der Waals surface area contributed by atoms with Crippen molar-refractivity contribution in [2.45, 2.75) is 38.1 Å². The predicted molar refractivity (Wildman–Crippen MR) is 73.3 cm³/mol. The Morgan fingerprint density at radius 2 is 2.29 bits per heavy atom. The van der Waals surface area contributed by atoms with Gasteiger partial charge in [0, 0.05) is 27.4 Å². The number of carbonyl (C=O) groups is 1. The van der Waals surface area contributed by atoms with Gasteiger partial charge < -0.3 is 5.32 Å². The summed E-state index contributed by atoms with van der Waals surface area (Å²) in [5.74, 6) is 0.110. The van der Waals surface area contributed by atoms with E-state index in [1.165, 1.54) is 0 Å². The highest BCUT2D eigenvalue weighted by Gasteiger charge is 2.44. The molecule has 0 radical (unpaired) electrons. The SMILES string of the molecule is CCC1NC(=O)CC1(C)c1ccc(Br)cc1Cl. The third-order valence-electron chi connectivity index (χ3n) is 3.59. The molecule has 2 atom stereocenters. The maximum atomic E-state index is 11.6. The van der Waals surface area contributed by atoms with Crippen LogP contribution in [0.25, 0.3) is 0 Å². The number of hydrogen-bond acceptors (Lipinski definition) is 1. The maximum absolute atomic E-state index is 11.6. The van der Waals surface area contributed by atoms with Crippen LogP contribution in [0.5, 0.6) is 0 Å². The zero-order valence-corrected chi connectivity index (χ0v) is 12.2. The Bertz CT molecular complexity index is 463. The Morgan fingerprint density at radius 1 is 1.59 bits per heavy atom. The summed E-state index contributed by atoms with van der Waals surface area (Å²) in [5.41, 5.74) is 0.844. The molecule has 4 heteroatoms. The summed E-state index contributed by atoms with van der Waals surface area (Å²) in [6, 6.07) is 6.03. The Balaban J connectivity index is 2.46. The molecule has 1 heterocycles. The van der Waals surface area contributed by atoms with Crippen molar-refractivity contribution in [3.8, 4) is 0 Å². The first-order valence-electron chi connectivity index (χ1n) is 5.72.